The van der Waals surface area contributed by atoms with Crippen LogP contribution in [0.4, 0.5) is 4.39 Å². The van der Waals surface area contributed by atoms with Crippen molar-refractivity contribution in [3.63, 3.8) is 0 Å². The fourth-order valence-electron chi connectivity index (χ4n) is 2.30. The van der Waals surface area contributed by atoms with Crippen LogP contribution in [0, 0.1) is 5.82 Å². The van der Waals surface area contributed by atoms with E-state index in [1.165, 1.54) is 12.3 Å². The molecule has 0 saturated carbocycles. The number of aromatic amines is 1. The highest BCUT2D eigenvalue weighted by Gasteiger charge is 2.16. The van der Waals surface area contributed by atoms with Crippen LogP contribution in [0.25, 0.3) is 22.4 Å². The van der Waals surface area contributed by atoms with Crippen molar-refractivity contribution in [2.75, 3.05) is 0 Å². The van der Waals surface area contributed by atoms with Crippen molar-refractivity contribution < 1.29 is 4.39 Å². The Bertz CT molecular complexity index is 720. The summed E-state index contributed by atoms with van der Waals surface area (Å²) in [7, 11) is 0. The number of hydrogen-bond donors (Lipinski definition) is 1. The zero-order valence-corrected chi connectivity index (χ0v) is 11.1. The predicted octanol–water partition coefficient (Wildman–Crippen LogP) is 3.84. The molecule has 0 aliphatic rings. The molecular formula is C16H14FN3. The van der Waals surface area contributed by atoms with Crippen molar-refractivity contribution in [3.8, 4) is 22.4 Å². The second-order valence-corrected chi connectivity index (χ2v) is 4.54. The van der Waals surface area contributed by atoms with E-state index in [-0.39, 0.29) is 5.82 Å². The van der Waals surface area contributed by atoms with E-state index in [2.05, 4.69) is 15.2 Å². The molecule has 1 aromatic carbocycles. The zero-order chi connectivity index (χ0) is 13.9. The number of hydrogen-bond acceptors (Lipinski definition) is 2. The molecule has 20 heavy (non-hydrogen) atoms. The van der Waals surface area contributed by atoms with Gasteiger partial charge in [0.05, 0.1) is 6.20 Å². The van der Waals surface area contributed by atoms with Gasteiger partial charge in [-0.1, -0.05) is 37.3 Å². The number of halogens is 1. The molecule has 100 valence electrons. The van der Waals surface area contributed by atoms with E-state index in [9.17, 15) is 4.39 Å². The summed E-state index contributed by atoms with van der Waals surface area (Å²) in [6.07, 6.45) is 3.67. The van der Waals surface area contributed by atoms with Gasteiger partial charge in [-0.25, -0.2) is 4.39 Å². The zero-order valence-electron chi connectivity index (χ0n) is 11.1. The summed E-state index contributed by atoms with van der Waals surface area (Å²) in [5.74, 6) is -0.343. The van der Waals surface area contributed by atoms with Crippen LogP contribution >= 0.6 is 0 Å². The first kappa shape index (κ1) is 12.5. The van der Waals surface area contributed by atoms with Gasteiger partial charge in [0, 0.05) is 28.6 Å². The molecule has 3 aromatic rings. The Labute approximate surface area is 116 Å². The van der Waals surface area contributed by atoms with Crippen LogP contribution in [0.5, 0.6) is 0 Å². The second kappa shape index (κ2) is 5.25. The van der Waals surface area contributed by atoms with E-state index in [0.717, 1.165) is 34.5 Å². The molecule has 0 fully saturated rings. The normalized spacial score (nSPS) is 10.7. The van der Waals surface area contributed by atoms with Crippen molar-refractivity contribution in [3.05, 3.63) is 60.3 Å². The van der Waals surface area contributed by atoms with E-state index in [1.54, 1.807) is 6.20 Å². The SMILES string of the molecule is CCc1[nH]nc(-c2ccccc2)c1-c1cncc(F)c1. The molecule has 2 heterocycles. The molecule has 0 aliphatic carbocycles. The van der Waals surface area contributed by atoms with Gasteiger partial charge in [0.1, 0.15) is 11.5 Å². The van der Waals surface area contributed by atoms with Gasteiger partial charge in [-0.15, -0.1) is 0 Å². The van der Waals surface area contributed by atoms with E-state index < -0.39 is 0 Å². The number of pyridine rings is 1. The molecule has 0 amide bonds. The molecule has 0 saturated heterocycles. The van der Waals surface area contributed by atoms with Gasteiger partial charge in [-0.3, -0.25) is 10.1 Å². The summed E-state index contributed by atoms with van der Waals surface area (Å²) in [5, 5.41) is 7.43. The maximum Gasteiger partial charge on any atom is 0.142 e. The molecule has 1 N–H and O–H groups in total. The van der Waals surface area contributed by atoms with Crippen LogP contribution < -0.4 is 0 Å². The molecular weight excluding hydrogens is 253 g/mol. The summed E-state index contributed by atoms with van der Waals surface area (Å²) in [6.45, 7) is 2.04. The fourth-order valence-corrected chi connectivity index (χ4v) is 2.30. The Morgan fingerprint density at radius 1 is 1.10 bits per heavy atom. The Balaban J connectivity index is 2.21. The number of aromatic nitrogens is 3. The molecule has 4 heteroatoms. The molecule has 0 atom stereocenters. The Hall–Kier alpha value is -2.49. The summed E-state index contributed by atoms with van der Waals surface area (Å²) < 4.78 is 13.4. The first-order chi connectivity index (χ1) is 9.79. The first-order valence-corrected chi connectivity index (χ1v) is 6.53. The van der Waals surface area contributed by atoms with Crippen LogP contribution in [-0.4, -0.2) is 15.2 Å². The lowest BCUT2D eigenvalue weighted by Gasteiger charge is -2.05. The summed E-state index contributed by atoms with van der Waals surface area (Å²) in [5.41, 5.74) is 4.48. The largest absolute Gasteiger partial charge is 0.281 e. The number of nitrogens with zero attached hydrogens (tertiary/aromatic N) is 2. The van der Waals surface area contributed by atoms with Gasteiger partial charge >= 0.3 is 0 Å². The maximum atomic E-state index is 13.4. The molecule has 3 rings (SSSR count). The quantitative estimate of drug-likeness (QED) is 0.783. The number of aryl methyl sites for hydroxylation is 1. The van der Waals surface area contributed by atoms with E-state index in [0.29, 0.717) is 0 Å². The fraction of sp³-hybridized carbons (Fsp3) is 0.125. The number of H-pyrrole nitrogens is 1. The highest BCUT2D eigenvalue weighted by molar-refractivity contribution is 5.82. The molecule has 0 spiro atoms. The summed E-state index contributed by atoms with van der Waals surface area (Å²) in [4.78, 5) is 3.93. The van der Waals surface area contributed by atoms with E-state index in [4.69, 9.17) is 0 Å². The third-order valence-electron chi connectivity index (χ3n) is 3.24. The number of nitrogens with one attached hydrogen (secondary N) is 1. The van der Waals surface area contributed by atoms with E-state index >= 15 is 0 Å². The van der Waals surface area contributed by atoms with Crippen molar-refractivity contribution in [2.45, 2.75) is 13.3 Å². The van der Waals surface area contributed by atoms with Crippen LogP contribution in [-0.2, 0) is 6.42 Å². The number of rotatable bonds is 3. The third kappa shape index (κ3) is 2.20. The average molecular weight is 267 g/mol. The smallest absolute Gasteiger partial charge is 0.142 e. The minimum Gasteiger partial charge on any atom is -0.281 e. The Kier molecular flexibility index (Phi) is 3.29. The molecule has 2 aromatic heterocycles. The molecule has 0 unspecified atom stereocenters. The van der Waals surface area contributed by atoms with Crippen LogP contribution in [0.15, 0.2) is 48.8 Å². The van der Waals surface area contributed by atoms with Crippen molar-refractivity contribution in [1.82, 2.24) is 15.2 Å². The average Bonchev–Trinajstić information content (AvgIpc) is 2.92. The summed E-state index contributed by atoms with van der Waals surface area (Å²) in [6, 6.07) is 11.4. The van der Waals surface area contributed by atoms with E-state index in [1.807, 2.05) is 37.3 Å². The minimum atomic E-state index is -0.343. The highest BCUT2D eigenvalue weighted by Crippen LogP contribution is 2.33. The molecule has 3 nitrogen and oxygen atoms in total. The lowest BCUT2D eigenvalue weighted by molar-refractivity contribution is 0.622. The topological polar surface area (TPSA) is 41.6 Å². The van der Waals surface area contributed by atoms with Crippen LogP contribution in [0.2, 0.25) is 0 Å². The standard InChI is InChI=1S/C16H14FN3/c1-2-14-15(12-8-13(17)10-18-9-12)16(20-19-14)11-6-4-3-5-7-11/h3-10H,2H2,1H3,(H,19,20). The Morgan fingerprint density at radius 2 is 1.90 bits per heavy atom. The molecule has 0 bridgehead atoms. The lowest BCUT2D eigenvalue weighted by Crippen LogP contribution is -1.89. The van der Waals surface area contributed by atoms with Crippen molar-refractivity contribution >= 4 is 0 Å². The van der Waals surface area contributed by atoms with Gasteiger partial charge in [0.15, 0.2) is 0 Å². The molecule has 0 radical (unpaired) electrons. The van der Waals surface area contributed by atoms with Gasteiger partial charge in [0.25, 0.3) is 0 Å². The minimum absolute atomic E-state index is 0.343. The van der Waals surface area contributed by atoms with Gasteiger partial charge in [-0.05, 0) is 12.5 Å². The monoisotopic (exact) mass is 267 g/mol. The third-order valence-corrected chi connectivity index (χ3v) is 3.24. The van der Waals surface area contributed by atoms with Crippen molar-refractivity contribution in [2.24, 2.45) is 0 Å². The Morgan fingerprint density at radius 3 is 2.60 bits per heavy atom. The molecule has 0 aliphatic heterocycles. The van der Waals surface area contributed by atoms with Gasteiger partial charge in [0.2, 0.25) is 0 Å². The first-order valence-electron chi connectivity index (χ1n) is 6.53. The maximum absolute atomic E-state index is 13.4. The van der Waals surface area contributed by atoms with Gasteiger partial charge < -0.3 is 0 Å². The summed E-state index contributed by atoms with van der Waals surface area (Å²) >= 11 is 0. The second-order valence-electron chi connectivity index (χ2n) is 4.54. The van der Waals surface area contributed by atoms with Crippen LogP contribution in [0.1, 0.15) is 12.6 Å². The van der Waals surface area contributed by atoms with Crippen LogP contribution in [0.3, 0.4) is 0 Å². The number of benzene rings is 1. The van der Waals surface area contributed by atoms with Gasteiger partial charge in [-0.2, -0.15) is 5.10 Å². The predicted molar refractivity (Wildman–Crippen MR) is 76.6 cm³/mol. The highest BCUT2D eigenvalue weighted by atomic mass is 19.1. The lowest BCUT2D eigenvalue weighted by atomic mass is 9.99. The van der Waals surface area contributed by atoms with Crippen molar-refractivity contribution in [1.29, 1.82) is 0 Å².